The van der Waals surface area contributed by atoms with E-state index in [0.29, 0.717) is 12.8 Å². The first-order valence-corrected chi connectivity index (χ1v) is 16.9. The Hall–Kier alpha value is -0.481. The third-order valence-electron chi connectivity index (χ3n) is 6.39. The van der Waals surface area contributed by atoms with Crippen molar-refractivity contribution in [2.45, 2.75) is 96.9 Å². The minimum Gasteiger partial charge on any atom is -0.395 e. The van der Waals surface area contributed by atoms with Crippen molar-refractivity contribution in [3.05, 3.63) is 12.8 Å². The first-order valence-electron chi connectivity index (χ1n) is 14.1. The van der Waals surface area contributed by atoms with Crippen LogP contribution < -0.4 is 10.6 Å². The van der Waals surface area contributed by atoms with Crippen molar-refractivity contribution in [2.75, 3.05) is 39.4 Å². The maximum absolute atomic E-state index is 11.8. The Kier molecular flexibility index (Phi) is 33.9. The van der Waals surface area contributed by atoms with Gasteiger partial charge in [-0.1, -0.05) is 15.5 Å². The van der Waals surface area contributed by atoms with E-state index >= 15 is 0 Å². The van der Waals surface area contributed by atoms with Gasteiger partial charge < -0.3 is 40.6 Å². The van der Waals surface area contributed by atoms with Gasteiger partial charge in [0.2, 0.25) is 23.6 Å². The van der Waals surface area contributed by atoms with E-state index in [1.54, 1.807) is 57.5 Å². The minimum absolute atomic E-state index is 0. The number of nitrogens with zero attached hydrogens (tertiary/aromatic N) is 4. The molecule has 0 saturated carbocycles. The number of azo groups is 1. The summed E-state index contributed by atoms with van der Waals surface area (Å²) in [5, 5.41) is 39.8. The fourth-order valence-electron chi connectivity index (χ4n) is 3.43. The Morgan fingerprint density at radius 2 is 1.30 bits per heavy atom. The van der Waals surface area contributed by atoms with E-state index in [4.69, 9.17) is 15.1 Å². The number of hydrogen-bond acceptors (Lipinski definition) is 10. The summed E-state index contributed by atoms with van der Waals surface area (Å²) in [6, 6.07) is -0.0764. The summed E-state index contributed by atoms with van der Waals surface area (Å²) in [6.07, 6.45) is 4.85. The Balaban J connectivity index is -0.000000183. The van der Waals surface area contributed by atoms with Gasteiger partial charge in [-0.2, -0.15) is 20.1 Å². The molecule has 4 unspecified atom stereocenters. The minimum atomic E-state index is -1.14. The normalized spacial score (nSPS) is 15.1. The molecule has 4 amide bonds. The van der Waals surface area contributed by atoms with Gasteiger partial charge in [0.1, 0.15) is 0 Å². The quantitative estimate of drug-likeness (QED) is 0.132. The zero-order chi connectivity index (χ0) is 33.9. The van der Waals surface area contributed by atoms with Crippen molar-refractivity contribution in [3.8, 4) is 0 Å². The summed E-state index contributed by atoms with van der Waals surface area (Å²) in [4.78, 5) is 56.5. The van der Waals surface area contributed by atoms with Crippen LogP contribution in [0.2, 0.25) is 0 Å². The van der Waals surface area contributed by atoms with Gasteiger partial charge in [-0.15, -0.1) is 0 Å². The van der Waals surface area contributed by atoms with Gasteiger partial charge in [0.05, 0.1) is 24.9 Å². The molecule has 0 spiro atoms. The second-order valence-corrected chi connectivity index (χ2v) is 12.3. The predicted octanol–water partition coefficient (Wildman–Crippen LogP) is 1.15. The molecule has 2 fully saturated rings. The molecule has 46 heavy (non-hydrogen) atoms. The molecule has 0 aromatic rings. The maximum Gasteiger partial charge on any atom is 0.249 e. The molecular weight excluding hydrogens is 731 g/mol. The fourth-order valence-corrected chi connectivity index (χ4v) is 3.43. The van der Waals surface area contributed by atoms with Gasteiger partial charge in [-0.05, 0) is 67.5 Å². The van der Waals surface area contributed by atoms with Crippen LogP contribution in [0.4, 0.5) is 0 Å². The van der Waals surface area contributed by atoms with Crippen LogP contribution in [-0.4, -0.2) is 116 Å². The molecule has 14 nitrogen and oxygen atoms in total. The monoisotopic (exact) mass is 788 g/mol. The van der Waals surface area contributed by atoms with E-state index in [9.17, 15) is 24.3 Å². The summed E-state index contributed by atoms with van der Waals surface area (Å²) in [5.74, 6) is -0.395. The van der Waals surface area contributed by atoms with Gasteiger partial charge in [0, 0.05) is 84.6 Å². The second-order valence-electron chi connectivity index (χ2n) is 11.3. The van der Waals surface area contributed by atoms with Gasteiger partial charge in [0.15, 0.2) is 11.1 Å². The number of aliphatic hydroxyl groups excluding tert-OH is 2. The van der Waals surface area contributed by atoms with E-state index < -0.39 is 16.7 Å². The topological polar surface area (TPSA) is 204 Å². The summed E-state index contributed by atoms with van der Waals surface area (Å²) < 4.78 is 0. The Morgan fingerprint density at radius 1 is 0.935 bits per heavy atom. The fraction of sp³-hybridized carbons (Fsp3) is 0.778. The molecule has 19 heteroatoms. The van der Waals surface area contributed by atoms with Gasteiger partial charge in [0.25, 0.3) is 0 Å². The molecule has 268 valence electrons. The molecule has 0 aromatic heterocycles. The van der Waals surface area contributed by atoms with Crippen LogP contribution in [0.5, 0.6) is 0 Å². The van der Waals surface area contributed by atoms with Crippen LogP contribution in [0, 0.1) is 0 Å². The third kappa shape index (κ3) is 23.0. The standard InChI is InChI=1S/C12H24N4O4.C9H17NO2.C6H9NO.H4OP2.H3P.2V/c1-11(2,9(19)13-5-7-17)15-16-12(3,4)10(20)14-6-8-18;1-7(9(2,3)12)10-6-4-5-8(10)11;1-2-7-5-3-4-6(7)8;1-3-2;;;/h17-18H,5-8H2,1-4H3,(H,13,19)(H,14,20);7,12H,4-6H2,1-3H3;2H,1,3-5H2;1,3H,2H2;1H3;;. The summed E-state index contributed by atoms with van der Waals surface area (Å²) in [5.41, 5.74) is -3.06. The molecule has 0 aromatic carbocycles. The zero-order valence-electron chi connectivity index (χ0n) is 28.3. The number of aliphatic hydroxyl groups is 3. The number of nitrogens with one attached hydrogen (secondary N) is 2. The van der Waals surface area contributed by atoms with Crippen molar-refractivity contribution >= 4 is 51.0 Å². The molecule has 2 aliphatic heterocycles. The zero-order valence-corrected chi connectivity index (χ0v) is 34.7. The molecule has 0 aliphatic carbocycles. The predicted molar refractivity (Wildman–Crippen MR) is 182 cm³/mol. The van der Waals surface area contributed by atoms with E-state index in [2.05, 4.69) is 36.4 Å². The first-order chi connectivity index (χ1) is 19.9. The molecule has 2 heterocycles. The largest absolute Gasteiger partial charge is 0.395 e. The maximum atomic E-state index is 11.8. The number of amides is 4. The van der Waals surface area contributed by atoms with Crippen LogP contribution in [0.25, 0.3) is 0 Å². The van der Waals surface area contributed by atoms with Crippen molar-refractivity contribution in [2.24, 2.45) is 10.2 Å². The smallest absolute Gasteiger partial charge is 0.249 e. The van der Waals surface area contributed by atoms with Crippen molar-refractivity contribution in [1.29, 1.82) is 0 Å². The second kappa shape index (κ2) is 28.4. The first kappa shape index (κ1) is 54.9. The number of hydrogen-bond donors (Lipinski definition) is 6. The Labute approximate surface area is 305 Å². The van der Waals surface area contributed by atoms with Crippen LogP contribution in [0.15, 0.2) is 23.0 Å². The average Bonchev–Trinajstić information content (AvgIpc) is 3.56. The number of rotatable bonds is 11. The van der Waals surface area contributed by atoms with Crippen LogP contribution in [-0.2, 0) is 56.3 Å². The molecule has 2 aliphatic rings. The number of carbonyl (C=O) groups excluding carboxylic acids is 4. The van der Waals surface area contributed by atoms with Crippen LogP contribution >= 0.6 is 27.3 Å². The Morgan fingerprint density at radius 3 is 1.54 bits per heavy atom. The molecule has 2 radical (unpaired) electrons. The van der Waals surface area contributed by atoms with Crippen molar-refractivity contribution in [3.63, 3.8) is 0 Å². The van der Waals surface area contributed by atoms with Gasteiger partial charge >= 0.3 is 0 Å². The van der Waals surface area contributed by atoms with E-state index in [-0.39, 0.29) is 111 Å². The van der Waals surface area contributed by atoms with Crippen LogP contribution in [0.1, 0.15) is 74.1 Å². The molecule has 6 N–H and O–H groups in total. The molecular formula is C27H57N6O8P3V2. The van der Waals surface area contributed by atoms with Crippen molar-refractivity contribution < 1.29 is 76.5 Å². The summed E-state index contributed by atoms with van der Waals surface area (Å²) in [6.45, 7) is 16.7. The molecule has 4 atom stereocenters. The Bertz CT molecular complexity index is 894. The van der Waals surface area contributed by atoms with E-state index in [1.807, 2.05) is 6.92 Å². The summed E-state index contributed by atoms with van der Waals surface area (Å²) in [7, 11) is 2.16. The molecule has 2 rings (SSSR count). The van der Waals surface area contributed by atoms with E-state index in [0.717, 1.165) is 25.9 Å². The van der Waals surface area contributed by atoms with Gasteiger partial charge in [-0.25, -0.2) is 0 Å². The average molecular weight is 789 g/mol. The number of carbonyl (C=O) groups is 4. The number of likely N-dealkylation sites (tertiary alicyclic amines) is 2. The van der Waals surface area contributed by atoms with Gasteiger partial charge in [-0.3, -0.25) is 19.2 Å². The summed E-state index contributed by atoms with van der Waals surface area (Å²) >= 11 is 0. The van der Waals surface area contributed by atoms with E-state index in [1.165, 1.54) is 0 Å². The SMILES string of the molecule is C=CN1CCCC1=O.CC(C)(N=NC(C)(C)C(=O)NCCO)C(=O)NCCO.CC(N1CCCC1=O)C(C)(C)O.OPP.P.[V].[V]. The van der Waals surface area contributed by atoms with Crippen molar-refractivity contribution in [1.82, 2.24) is 20.4 Å². The van der Waals surface area contributed by atoms with Crippen LogP contribution in [0.3, 0.4) is 0 Å². The molecule has 2 saturated heterocycles. The third-order valence-corrected chi connectivity index (χ3v) is 6.39. The molecule has 0 bridgehead atoms.